The van der Waals surface area contributed by atoms with Gasteiger partial charge in [-0.15, -0.1) is 0 Å². The number of aryl methyl sites for hydroxylation is 1. The van der Waals surface area contributed by atoms with Crippen LogP contribution in [0.5, 0.6) is 0 Å². The van der Waals surface area contributed by atoms with Crippen LogP contribution < -0.4 is 5.32 Å². The zero-order chi connectivity index (χ0) is 12.8. The van der Waals surface area contributed by atoms with E-state index in [2.05, 4.69) is 28.4 Å². The van der Waals surface area contributed by atoms with Gasteiger partial charge in [-0.25, -0.2) is 0 Å². The first kappa shape index (κ1) is 13.6. The van der Waals surface area contributed by atoms with Crippen molar-refractivity contribution < 1.29 is 0 Å². The summed E-state index contributed by atoms with van der Waals surface area (Å²) in [5, 5.41) is 7.70. The smallest absolute Gasteiger partial charge is 0.0522 e. The van der Waals surface area contributed by atoms with Crippen molar-refractivity contribution in [2.45, 2.75) is 26.2 Å². The summed E-state index contributed by atoms with van der Waals surface area (Å²) in [5.74, 6) is 0.840. The third-order valence-corrected chi connectivity index (χ3v) is 3.76. The maximum absolute atomic E-state index is 4.22. The Kier molecular flexibility index (Phi) is 5.20. The molecule has 0 aliphatic carbocycles. The largest absolute Gasteiger partial charge is 0.317 e. The van der Waals surface area contributed by atoms with Gasteiger partial charge in [-0.3, -0.25) is 4.68 Å². The van der Waals surface area contributed by atoms with E-state index < -0.39 is 0 Å². The van der Waals surface area contributed by atoms with Gasteiger partial charge < -0.3 is 10.2 Å². The standard InChI is InChI=1S/C14H26N4/c1-3-15-9-13-5-4-7-18(12-13)8-6-14-10-16-17(2)11-14/h10-11,13,15H,3-9,12H2,1-2H3. The van der Waals surface area contributed by atoms with Gasteiger partial charge in [-0.1, -0.05) is 6.92 Å². The fourth-order valence-electron chi connectivity index (χ4n) is 2.76. The van der Waals surface area contributed by atoms with Crippen LogP contribution in [0.4, 0.5) is 0 Å². The summed E-state index contributed by atoms with van der Waals surface area (Å²) in [7, 11) is 1.98. The summed E-state index contributed by atoms with van der Waals surface area (Å²) < 4.78 is 1.89. The molecular formula is C14H26N4. The molecule has 0 radical (unpaired) electrons. The summed E-state index contributed by atoms with van der Waals surface area (Å²) in [4.78, 5) is 2.61. The van der Waals surface area contributed by atoms with Gasteiger partial charge in [0.2, 0.25) is 0 Å². The monoisotopic (exact) mass is 250 g/mol. The fourth-order valence-corrected chi connectivity index (χ4v) is 2.76. The van der Waals surface area contributed by atoms with E-state index in [1.165, 1.54) is 44.6 Å². The van der Waals surface area contributed by atoms with Crippen LogP contribution in [0, 0.1) is 5.92 Å². The number of nitrogens with zero attached hydrogens (tertiary/aromatic N) is 3. The first-order valence-electron chi connectivity index (χ1n) is 7.18. The molecule has 0 spiro atoms. The Hall–Kier alpha value is -0.870. The highest BCUT2D eigenvalue weighted by Gasteiger charge is 2.19. The van der Waals surface area contributed by atoms with E-state index in [1.54, 1.807) is 0 Å². The Labute approximate surface area is 110 Å². The molecule has 1 unspecified atom stereocenters. The first-order valence-corrected chi connectivity index (χ1v) is 7.18. The predicted molar refractivity (Wildman–Crippen MR) is 74.6 cm³/mol. The van der Waals surface area contributed by atoms with Gasteiger partial charge in [0.15, 0.2) is 0 Å². The van der Waals surface area contributed by atoms with Gasteiger partial charge in [0.25, 0.3) is 0 Å². The normalized spacial score (nSPS) is 21.3. The van der Waals surface area contributed by atoms with Gasteiger partial charge in [0.1, 0.15) is 0 Å². The zero-order valence-electron chi connectivity index (χ0n) is 11.7. The molecule has 1 fully saturated rings. The van der Waals surface area contributed by atoms with Crippen molar-refractivity contribution in [3.05, 3.63) is 18.0 Å². The van der Waals surface area contributed by atoms with E-state index in [9.17, 15) is 0 Å². The third kappa shape index (κ3) is 4.10. The third-order valence-electron chi connectivity index (χ3n) is 3.76. The topological polar surface area (TPSA) is 33.1 Å². The molecule has 0 amide bonds. The second-order valence-corrected chi connectivity index (χ2v) is 5.39. The SMILES string of the molecule is CCNCC1CCCN(CCc2cnn(C)c2)C1. The Morgan fingerprint density at radius 2 is 2.39 bits per heavy atom. The summed E-state index contributed by atoms with van der Waals surface area (Å²) in [6.07, 6.45) is 7.97. The van der Waals surface area contributed by atoms with E-state index in [4.69, 9.17) is 0 Å². The van der Waals surface area contributed by atoms with Crippen molar-refractivity contribution >= 4 is 0 Å². The molecule has 1 aromatic heterocycles. The molecule has 1 saturated heterocycles. The minimum absolute atomic E-state index is 0.840. The Morgan fingerprint density at radius 3 is 3.11 bits per heavy atom. The van der Waals surface area contributed by atoms with Crippen LogP contribution in [0.3, 0.4) is 0 Å². The lowest BCUT2D eigenvalue weighted by Gasteiger charge is -2.32. The number of aromatic nitrogens is 2. The molecule has 1 N–H and O–H groups in total. The highest BCUT2D eigenvalue weighted by molar-refractivity contribution is 5.04. The molecule has 2 rings (SSSR count). The number of hydrogen-bond acceptors (Lipinski definition) is 3. The highest BCUT2D eigenvalue weighted by Crippen LogP contribution is 2.16. The van der Waals surface area contributed by atoms with E-state index in [0.29, 0.717) is 0 Å². The zero-order valence-corrected chi connectivity index (χ0v) is 11.7. The number of piperidine rings is 1. The van der Waals surface area contributed by atoms with Crippen molar-refractivity contribution in [3.63, 3.8) is 0 Å². The summed E-state index contributed by atoms with van der Waals surface area (Å²) in [6, 6.07) is 0. The van der Waals surface area contributed by atoms with Crippen LogP contribution in [-0.2, 0) is 13.5 Å². The molecule has 102 valence electrons. The molecule has 1 atom stereocenters. The number of nitrogens with one attached hydrogen (secondary N) is 1. The Bertz CT molecular complexity index is 347. The molecule has 0 aromatic carbocycles. The first-order chi connectivity index (χ1) is 8.78. The van der Waals surface area contributed by atoms with Gasteiger partial charge in [-0.2, -0.15) is 5.10 Å². The summed E-state index contributed by atoms with van der Waals surface area (Å²) in [5.41, 5.74) is 1.35. The molecule has 1 aromatic rings. The summed E-state index contributed by atoms with van der Waals surface area (Å²) >= 11 is 0. The number of rotatable bonds is 6. The van der Waals surface area contributed by atoms with Gasteiger partial charge >= 0.3 is 0 Å². The molecule has 4 heteroatoms. The molecule has 0 bridgehead atoms. The van der Waals surface area contributed by atoms with Gasteiger partial charge in [0.05, 0.1) is 6.20 Å². The van der Waals surface area contributed by atoms with Crippen molar-refractivity contribution in [3.8, 4) is 0 Å². The molecule has 4 nitrogen and oxygen atoms in total. The van der Waals surface area contributed by atoms with Crippen LogP contribution in [0.15, 0.2) is 12.4 Å². The summed E-state index contributed by atoms with van der Waals surface area (Å²) in [6.45, 7) is 8.15. The van der Waals surface area contributed by atoms with Gasteiger partial charge in [-0.05, 0) is 50.4 Å². The quantitative estimate of drug-likeness (QED) is 0.826. The average Bonchev–Trinajstić information content (AvgIpc) is 2.80. The molecule has 2 heterocycles. The number of likely N-dealkylation sites (tertiary alicyclic amines) is 1. The van der Waals surface area contributed by atoms with Crippen LogP contribution in [0.25, 0.3) is 0 Å². The highest BCUT2D eigenvalue weighted by atomic mass is 15.2. The van der Waals surface area contributed by atoms with E-state index in [0.717, 1.165) is 18.9 Å². The lowest BCUT2D eigenvalue weighted by molar-refractivity contribution is 0.174. The maximum Gasteiger partial charge on any atom is 0.0522 e. The maximum atomic E-state index is 4.22. The molecule has 1 aliphatic heterocycles. The van der Waals surface area contributed by atoms with E-state index in [-0.39, 0.29) is 0 Å². The van der Waals surface area contributed by atoms with Crippen molar-refractivity contribution in [1.29, 1.82) is 0 Å². The minimum atomic E-state index is 0.840. The van der Waals surface area contributed by atoms with Crippen LogP contribution >= 0.6 is 0 Å². The molecule has 18 heavy (non-hydrogen) atoms. The predicted octanol–water partition coefficient (Wildman–Crippen LogP) is 1.28. The second kappa shape index (κ2) is 6.90. The lowest BCUT2D eigenvalue weighted by atomic mass is 9.97. The second-order valence-electron chi connectivity index (χ2n) is 5.39. The Morgan fingerprint density at radius 1 is 1.50 bits per heavy atom. The Balaban J connectivity index is 1.72. The van der Waals surface area contributed by atoms with Crippen molar-refractivity contribution in [2.75, 3.05) is 32.7 Å². The van der Waals surface area contributed by atoms with E-state index in [1.807, 2.05) is 17.9 Å². The molecule has 1 aliphatic rings. The molecule has 0 saturated carbocycles. The number of hydrogen-bond donors (Lipinski definition) is 1. The van der Waals surface area contributed by atoms with Crippen molar-refractivity contribution in [2.24, 2.45) is 13.0 Å². The van der Waals surface area contributed by atoms with Crippen LogP contribution in [0.2, 0.25) is 0 Å². The molecular weight excluding hydrogens is 224 g/mol. The van der Waals surface area contributed by atoms with Crippen LogP contribution in [0.1, 0.15) is 25.3 Å². The fraction of sp³-hybridized carbons (Fsp3) is 0.786. The average molecular weight is 250 g/mol. The van der Waals surface area contributed by atoms with Crippen molar-refractivity contribution in [1.82, 2.24) is 20.0 Å². The van der Waals surface area contributed by atoms with E-state index >= 15 is 0 Å². The lowest BCUT2D eigenvalue weighted by Crippen LogP contribution is -2.40. The van der Waals surface area contributed by atoms with Gasteiger partial charge in [0, 0.05) is 26.3 Å². The minimum Gasteiger partial charge on any atom is -0.317 e. The van der Waals surface area contributed by atoms with Crippen LogP contribution in [-0.4, -0.2) is 47.4 Å².